The highest BCUT2D eigenvalue weighted by Gasteiger charge is 2.20. The second-order valence-electron chi connectivity index (χ2n) is 4.28. The van der Waals surface area contributed by atoms with E-state index in [-0.39, 0.29) is 17.8 Å². The lowest BCUT2D eigenvalue weighted by molar-refractivity contribution is -0.387. The van der Waals surface area contributed by atoms with Gasteiger partial charge in [-0.3, -0.25) is 10.1 Å². The van der Waals surface area contributed by atoms with E-state index < -0.39 is 22.4 Å². The van der Waals surface area contributed by atoms with E-state index in [2.05, 4.69) is 9.72 Å². The van der Waals surface area contributed by atoms with Crippen LogP contribution < -0.4 is 0 Å². The second-order valence-corrected chi connectivity index (χ2v) is 4.28. The van der Waals surface area contributed by atoms with Crippen LogP contribution in [0.1, 0.15) is 21.9 Å². The Bertz CT molecular complexity index is 711. The molecule has 1 heterocycles. The zero-order chi connectivity index (χ0) is 15.6. The van der Waals surface area contributed by atoms with Crippen LogP contribution in [0.2, 0.25) is 0 Å². The van der Waals surface area contributed by atoms with Gasteiger partial charge >= 0.3 is 11.7 Å². The number of esters is 1. The van der Waals surface area contributed by atoms with E-state index in [1.54, 1.807) is 6.92 Å². The number of hydrogen-bond acceptors (Lipinski definition) is 5. The predicted octanol–water partition coefficient (Wildman–Crippen LogP) is 2.07. The average Bonchev–Trinajstić information content (AvgIpc) is 2.81. The summed E-state index contributed by atoms with van der Waals surface area (Å²) in [6.07, 6.45) is 1.32. The lowest BCUT2D eigenvalue weighted by Crippen LogP contribution is -2.13. The molecule has 110 valence electrons. The number of aryl methyl sites for hydroxylation is 1. The normalized spacial score (nSPS) is 10.4. The summed E-state index contributed by atoms with van der Waals surface area (Å²) in [5.74, 6) is -1.06. The molecule has 8 heteroatoms. The first kappa shape index (κ1) is 14.6. The molecule has 0 N–H and O–H groups in total. The second kappa shape index (κ2) is 5.70. The summed E-state index contributed by atoms with van der Waals surface area (Å²) in [4.78, 5) is 25.5. The summed E-state index contributed by atoms with van der Waals surface area (Å²) in [5.41, 5.74) is -0.360. The number of carbonyl (C=O) groups is 1. The minimum absolute atomic E-state index is 0.0518. The van der Waals surface area contributed by atoms with Crippen LogP contribution >= 0.6 is 0 Å². The van der Waals surface area contributed by atoms with Crippen LogP contribution in [0, 0.1) is 22.9 Å². The third-order valence-electron chi connectivity index (χ3n) is 3.03. The van der Waals surface area contributed by atoms with Crippen molar-refractivity contribution < 1.29 is 18.8 Å². The minimum atomic E-state index is -0.925. The quantitative estimate of drug-likeness (QED) is 0.489. The van der Waals surface area contributed by atoms with E-state index >= 15 is 0 Å². The Hall–Kier alpha value is -2.77. The molecule has 0 aliphatic carbocycles. The van der Waals surface area contributed by atoms with Gasteiger partial charge in [-0.15, -0.1) is 0 Å². The van der Waals surface area contributed by atoms with Crippen molar-refractivity contribution in [1.29, 1.82) is 0 Å². The van der Waals surface area contributed by atoms with Crippen LogP contribution in [0.3, 0.4) is 0 Å². The number of nitro benzene ring substituents is 1. The van der Waals surface area contributed by atoms with Crippen molar-refractivity contribution in [3.63, 3.8) is 0 Å². The summed E-state index contributed by atoms with van der Waals surface area (Å²) in [7, 11) is 1.23. The summed E-state index contributed by atoms with van der Waals surface area (Å²) < 4.78 is 20.1. The number of nitrogens with zero attached hydrogens (tertiary/aromatic N) is 3. The average molecular weight is 293 g/mol. The number of hydrogen-bond donors (Lipinski definition) is 0. The first-order valence-electron chi connectivity index (χ1n) is 5.98. The van der Waals surface area contributed by atoms with Crippen molar-refractivity contribution in [3.8, 4) is 0 Å². The monoisotopic (exact) mass is 293 g/mol. The van der Waals surface area contributed by atoms with E-state index in [1.807, 2.05) is 0 Å². The van der Waals surface area contributed by atoms with Gasteiger partial charge in [-0.25, -0.2) is 9.78 Å². The van der Waals surface area contributed by atoms with Crippen molar-refractivity contribution in [1.82, 2.24) is 9.55 Å². The predicted molar refractivity (Wildman–Crippen MR) is 70.5 cm³/mol. The molecule has 0 saturated heterocycles. The zero-order valence-corrected chi connectivity index (χ0v) is 11.4. The number of carbonyl (C=O) groups excluding carboxylic acids is 1. The molecule has 0 spiro atoms. The maximum Gasteiger partial charge on any atom is 0.356 e. The molecule has 0 aliphatic rings. The van der Waals surface area contributed by atoms with E-state index in [0.717, 1.165) is 6.07 Å². The molecule has 2 aromatic rings. The molecular formula is C13H12FN3O4. The molecule has 21 heavy (non-hydrogen) atoms. The van der Waals surface area contributed by atoms with Gasteiger partial charge in [0.25, 0.3) is 0 Å². The fraction of sp³-hybridized carbons (Fsp3) is 0.231. The molecule has 0 atom stereocenters. The van der Waals surface area contributed by atoms with Crippen LogP contribution in [0.5, 0.6) is 0 Å². The molecule has 0 fully saturated rings. The first-order chi connectivity index (χ1) is 9.95. The number of methoxy groups -OCH3 is 1. The van der Waals surface area contributed by atoms with Gasteiger partial charge < -0.3 is 9.30 Å². The minimum Gasteiger partial charge on any atom is -0.464 e. The smallest absolute Gasteiger partial charge is 0.356 e. The third-order valence-corrected chi connectivity index (χ3v) is 3.03. The van der Waals surface area contributed by atoms with Gasteiger partial charge in [0.2, 0.25) is 5.82 Å². The molecule has 0 bridgehead atoms. The molecule has 2 rings (SSSR count). The van der Waals surface area contributed by atoms with E-state index in [1.165, 1.54) is 30.0 Å². The van der Waals surface area contributed by atoms with Gasteiger partial charge in [0.1, 0.15) is 11.5 Å². The van der Waals surface area contributed by atoms with Crippen molar-refractivity contribution in [3.05, 3.63) is 57.4 Å². The van der Waals surface area contributed by atoms with E-state index in [9.17, 15) is 19.3 Å². The lowest BCUT2D eigenvalue weighted by Gasteiger charge is -2.10. The highest BCUT2D eigenvalue weighted by molar-refractivity contribution is 5.87. The number of benzene rings is 1. The molecule has 0 saturated carbocycles. The third kappa shape index (κ3) is 2.73. The van der Waals surface area contributed by atoms with Crippen molar-refractivity contribution in [2.75, 3.05) is 7.11 Å². The topological polar surface area (TPSA) is 87.3 Å². The van der Waals surface area contributed by atoms with Crippen LogP contribution in [0.25, 0.3) is 0 Å². The van der Waals surface area contributed by atoms with Gasteiger partial charge in [0, 0.05) is 11.6 Å². The summed E-state index contributed by atoms with van der Waals surface area (Å²) in [6.45, 7) is 1.59. The lowest BCUT2D eigenvalue weighted by atomic mass is 10.2. The van der Waals surface area contributed by atoms with Crippen molar-refractivity contribution in [2.45, 2.75) is 13.5 Å². The van der Waals surface area contributed by atoms with Gasteiger partial charge in [-0.2, -0.15) is 4.39 Å². The van der Waals surface area contributed by atoms with Crippen LogP contribution in [0.4, 0.5) is 10.1 Å². The number of nitro groups is 1. The first-order valence-corrected chi connectivity index (χ1v) is 5.98. The number of halogens is 1. The summed E-state index contributed by atoms with van der Waals surface area (Å²) in [5, 5.41) is 10.7. The molecule has 0 radical (unpaired) electrons. The fourth-order valence-corrected chi connectivity index (χ4v) is 1.94. The zero-order valence-electron chi connectivity index (χ0n) is 11.4. The molecule has 1 aromatic heterocycles. The Balaban J connectivity index is 2.44. The Morgan fingerprint density at radius 1 is 1.52 bits per heavy atom. The summed E-state index contributed by atoms with van der Waals surface area (Å²) >= 11 is 0. The summed E-state index contributed by atoms with van der Waals surface area (Å²) in [6, 6.07) is 3.89. The van der Waals surface area contributed by atoms with Gasteiger partial charge in [-0.1, -0.05) is 12.1 Å². The largest absolute Gasteiger partial charge is 0.464 e. The van der Waals surface area contributed by atoms with Gasteiger partial charge in [-0.05, 0) is 6.92 Å². The molecule has 0 unspecified atom stereocenters. The highest BCUT2D eigenvalue weighted by atomic mass is 19.1. The van der Waals surface area contributed by atoms with Gasteiger partial charge in [0.05, 0.1) is 24.8 Å². The number of ether oxygens (including phenoxy) is 1. The Morgan fingerprint density at radius 2 is 2.24 bits per heavy atom. The van der Waals surface area contributed by atoms with Crippen molar-refractivity contribution >= 4 is 11.7 Å². The Kier molecular flexibility index (Phi) is 3.97. The molecule has 0 amide bonds. The molecule has 0 aliphatic heterocycles. The molecule has 1 aromatic carbocycles. The van der Waals surface area contributed by atoms with Gasteiger partial charge in [0.15, 0.2) is 0 Å². The SMILES string of the molecule is COC(=O)c1cnc(C)n1Cc1cccc([N+](=O)[O-])c1F. The number of aromatic nitrogens is 2. The number of imidazole rings is 1. The molecule has 7 nitrogen and oxygen atoms in total. The molecular weight excluding hydrogens is 281 g/mol. The van der Waals surface area contributed by atoms with E-state index in [4.69, 9.17) is 0 Å². The fourth-order valence-electron chi connectivity index (χ4n) is 1.94. The van der Waals surface area contributed by atoms with Crippen LogP contribution in [0.15, 0.2) is 24.4 Å². The standard InChI is InChI=1S/C13H12FN3O4/c1-8-15-6-11(13(18)21-2)16(8)7-9-4-3-5-10(12(9)14)17(19)20/h3-6H,7H2,1-2H3. The number of rotatable bonds is 4. The van der Waals surface area contributed by atoms with Crippen molar-refractivity contribution in [2.24, 2.45) is 0 Å². The Labute approximate surface area is 119 Å². The maximum atomic E-state index is 14.1. The maximum absolute atomic E-state index is 14.1. The van der Waals surface area contributed by atoms with E-state index in [0.29, 0.717) is 5.82 Å². The highest BCUT2D eigenvalue weighted by Crippen LogP contribution is 2.22. The van der Waals surface area contributed by atoms with Crippen LogP contribution in [-0.4, -0.2) is 27.6 Å². The van der Waals surface area contributed by atoms with Crippen LogP contribution in [-0.2, 0) is 11.3 Å². The Morgan fingerprint density at radius 3 is 2.86 bits per heavy atom.